The molecule has 0 aliphatic heterocycles. The third-order valence-electron chi connectivity index (χ3n) is 7.82. The Kier molecular flexibility index (Phi) is 12.1. The summed E-state index contributed by atoms with van der Waals surface area (Å²) in [5, 5.41) is 2.75. The number of ether oxygens (including phenoxy) is 4. The molecule has 0 bridgehead atoms. The van der Waals surface area contributed by atoms with Crippen LogP contribution in [0.1, 0.15) is 90.2 Å². The SMILES string of the molecule is CCCCC(CC)COC(=O)Oc1c2cccc(C)c2c(OC(=O)OCC(CC)CCCC)c2cccc(C)c12. The molecule has 6 heteroatoms. The highest BCUT2D eigenvalue weighted by molar-refractivity contribution is 6.14. The second kappa shape index (κ2) is 15.5. The van der Waals surface area contributed by atoms with Crippen molar-refractivity contribution in [3.05, 3.63) is 47.5 Å². The lowest BCUT2D eigenvalue weighted by atomic mass is 9.95. The first-order valence-corrected chi connectivity index (χ1v) is 15.0. The molecule has 0 aliphatic rings. The number of hydrogen-bond donors (Lipinski definition) is 0. The van der Waals surface area contributed by atoms with Gasteiger partial charge < -0.3 is 18.9 Å². The molecule has 3 aromatic carbocycles. The highest BCUT2D eigenvalue weighted by Crippen LogP contribution is 2.45. The lowest BCUT2D eigenvalue weighted by molar-refractivity contribution is 0.0805. The molecule has 0 fully saturated rings. The standard InChI is InChI=1S/C34H46O6/c1-7-11-17-25(9-3)21-37-33(35)39-31-27-19-13-16-24(6)30(27)32(28-20-14-15-23(5)29(28)31)40-34(36)38-22-26(10-4)18-12-8-2/h13-16,19-20,25-26H,7-12,17-18,21-22H2,1-6H3. The van der Waals surface area contributed by atoms with Crippen LogP contribution < -0.4 is 9.47 Å². The Labute approximate surface area is 239 Å². The number of hydrogen-bond acceptors (Lipinski definition) is 6. The third-order valence-corrected chi connectivity index (χ3v) is 7.82. The Morgan fingerprint density at radius 2 is 1.05 bits per heavy atom. The van der Waals surface area contributed by atoms with Crippen molar-refractivity contribution >= 4 is 33.9 Å². The molecule has 0 heterocycles. The van der Waals surface area contributed by atoms with Gasteiger partial charge in [-0.05, 0) is 49.7 Å². The molecule has 0 radical (unpaired) electrons. The number of aryl methyl sites for hydroxylation is 2. The fraction of sp³-hybridized carbons (Fsp3) is 0.529. The maximum absolute atomic E-state index is 13.0. The molecule has 2 atom stereocenters. The van der Waals surface area contributed by atoms with Crippen LogP contribution in [0, 0.1) is 25.7 Å². The maximum atomic E-state index is 13.0. The summed E-state index contributed by atoms with van der Waals surface area (Å²) in [6.07, 6.45) is 6.89. The van der Waals surface area contributed by atoms with Crippen molar-refractivity contribution in [1.82, 2.24) is 0 Å². The van der Waals surface area contributed by atoms with E-state index in [0.717, 1.165) is 62.5 Å². The van der Waals surface area contributed by atoms with E-state index in [4.69, 9.17) is 18.9 Å². The summed E-state index contributed by atoms with van der Waals surface area (Å²) < 4.78 is 23.0. The van der Waals surface area contributed by atoms with E-state index in [9.17, 15) is 9.59 Å². The predicted octanol–water partition coefficient (Wildman–Crippen LogP) is 10.1. The van der Waals surface area contributed by atoms with Crippen molar-refractivity contribution in [2.45, 2.75) is 92.9 Å². The van der Waals surface area contributed by atoms with Crippen LogP contribution in [0.2, 0.25) is 0 Å². The molecule has 0 spiro atoms. The summed E-state index contributed by atoms with van der Waals surface area (Å²) >= 11 is 0. The molecule has 6 nitrogen and oxygen atoms in total. The summed E-state index contributed by atoms with van der Waals surface area (Å²) in [5.74, 6) is 1.43. The van der Waals surface area contributed by atoms with Crippen molar-refractivity contribution in [3.8, 4) is 11.5 Å². The Morgan fingerprint density at radius 3 is 1.40 bits per heavy atom. The van der Waals surface area contributed by atoms with Crippen LogP contribution >= 0.6 is 0 Å². The lowest BCUT2D eigenvalue weighted by Crippen LogP contribution is -2.18. The van der Waals surface area contributed by atoms with Gasteiger partial charge in [-0.3, -0.25) is 0 Å². The highest BCUT2D eigenvalue weighted by atomic mass is 16.7. The average Bonchev–Trinajstić information content (AvgIpc) is 2.95. The van der Waals surface area contributed by atoms with E-state index < -0.39 is 12.3 Å². The topological polar surface area (TPSA) is 71.1 Å². The summed E-state index contributed by atoms with van der Waals surface area (Å²) in [4.78, 5) is 25.9. The van der Waals surface area contributed by atoms with Crippen LogP contribution in [-0.4, -0.2) is 25.5 Å². The van der Waals surface area contributed by atoms with Crippen molar-refractivity contribution in [3.63, 3.8) is 0 Å². The molecule has 3 aromatic rings. The maximum Gasteiger partial charge on any atom is 0.513 e. The smallest absolute Gasteiger partial charge is 0.434 e. The molecule has 218 valence electrons. The molecular weight excluding hydrogens is 504 g/mol. The second-order valence-corrected chi connectivity index (χ2v) is 10.8. The zero-order valence-corrected chi connectivity index (χ0v) is 25.1. The lowest BCUT2D eigenvalue weighted by Gasteiger charge is -2.20. The minimum atomic E-state index is -0.729. The normalized spacial score (nSPS) is 12.8. The van der Waals surface area contributed by atoms with E-state index in [0.29, 0.717) is 58.1 Å². The minimum Gasteiger partial charge on any atom is -0.434 e. The van der Waals surface area contributed by atoms with Gasteiger partial charge in [0, 0.05) is 21.5 Å². The van der Waals surface area contributed by atoms with Crippen LogP contribution in [0.4, 0.5) is 9.59 Å². The monoisotopic (exact) mass is 550 g/mol. The quantitative estimate of drug-likeness (QED) is 0.113. The molecule has 3 rings (SSSR count). The molecule has 0 aliphatic carbocycles. The number of benzene rings is 3. The van der Waals surface area contributed by atoms with Gasteiger partial charge in [0.25, 0.3) is 0 Å². The Hall–Kier alpha value is -3.28. The molecule has 0 amide bonds. The van der Waals surface area contributed by atoms with E-state index in [1.807, 2.05) is 50.2 Å². The Bertz CT molecular complexity index is 1180. The number of carbonyl (C=O) groups is 2. The van der Waals surface area contributed by atoms with Gasteiger partial charge in [-0.1, -0.05) is 103 Å². The first-order chi connectivity index (χ1) is 19.3. The first-order valence-electron chi connectivity index (χ1n) is 15.0. The zero-order valence-electron chi connectivity index (χ0n) is 25.1. The van der Waals surface area contributed by atoms with E-state index >= 15 is 0 Å². The zero-order chi connectivity index (χ0) is 29.1. The molecule has 2 unspecified atom stereocenters. The number of carbonyl (C=O) groups excluding carboxylic acids is 2. The largest absolute Gasteiger partial charge is 0.513 e. The fourth-order valence-electron chi connectivity index (χ4n) is 5.19. The first kappa shape index (κ1) is 31.3. The van der Waals surface area contributed by atoms with Crippen LogP contribution in [0.25, 0.3) is 21.5 Å². The van der Waals surface area contributed by atoms with Gasteiger partial charge in [0.05, 0.1) is 13.2 Å². The van der Waals surface area contributed by atoms with E-state index in [1.165, 1.54) is 0 Å². The van der Waals surface area contributed by atoms with Gasteiger partial charge >= 0.3 is 12.3 Å². The minimum absolute atomic E-state index is 0.307. The Morgan fingerprint density at radius 1 is 0.650 bits per heavy atom. The van der Waals surface area contributed by atoms with Crippen LogP contribution in [-0.2, 0) is 9.47 Å². The van der Waals surface area contributed by atoms with Crippen LogP contribution in [0.5, 0.6) is 11.5 Å². The summed E-state index contributed by atoms with van der Waals surface area (Å²) in [6, 6.07) is 11.5. The van der Waals surface area contributed by atoms with Crippen molar-refractivity contribution in [2.75, 3.05) is 13.2 Å². The third kappa shape index (κ3) is 7.89. The Balaban J connectivity index is 1.96. The fourth-order valence-corrected chi connectivity index (χ4v) is 5.19. The van der Waals surface area contributed by atoms with Gasteiger partial charge in [0.2, 0.25) is 0 Å². The molecule has 0 N–H and O–H groups in total. The number of rotatable bonds is 14. The van der Waals surface area contributed by atoms with Gasteiger partial charge in [-0.2, -0.15) is 0 Å². The summed E-state index contributed by atoms with van der Waals surface area (Å²) in [5.41, 5.74) is 1.78. The van der Waals surface area contributed by atoms with Crippen molar-refractivity contribution in [1.29, 1.82) is 0 Å². The van der Waals surface area contributed by atoms with Gasteiger partial charge in [-0.25, -0.2) is 9.59 Å². The molecule has 0 aromatic heterocycles. The van der Waals surface area contributed by atoms with Crippen LogP contribution in [0.15, 0.2) is 36.4 Å². The molecular formula is C34H46O6. The van der Waals surface area contributed by atoms with Crippen molar-refractivity contribution < 1.29 is 28.5 Å². The van der Waals surface area contributed by atoms with Gasteiger partial charge in [0.1, 0.15) is 0 Å². The highest BCUT2D eigenvalue weighted by Gasteiger charge is 2.24. The van der Waals surface area contributed by atoms with Crippen molar-refractivity contribution in [2.24, 2.45) is 11.8 Å². The van der Waals surface area contributed by atoms with E-state index in [1.54, 1.807) is 0 Å². The predicted molar refractivity (Wildman–Crippen MR) is 161 cm³/mol. The molecule has 40 heavy (non-hydrogen) atoms. The second-order valence-electron chi connectivity index (χ2n) is 10.8. The van der Waals surface area contributed by atoms with E-state index in [2.05, 4.69) is 27.7 Å². The van der Waals surface area contributed by atoms with E-state index in [-0.39, 0.29) is 0 Å². The van der Waals surface area contributed by atoms with Crippen LogP contribution in [0.3, 0.4) is 0 Å². The number of fused-ring (bicyclic) bond motifs is 2. The summed E-state index contributed by atoms with van der Waals surface area (Å²) in [7, 11) is 0. The number of unbranched alkanes of at least 4 members (excludes halogenated alkanes) is 2. The summed E-state index contributed by atoms with van der Waals surface area (Å²) in [6.45, 7) is 13.1. The molecule has 0 saturated carbocycles. The van der Waals surface area contributed by atoms with Gasteiger partial charge in [-0.15, -0.1) is 0 Å². The molecule has 0 saturated heterocycles. The van der Waals surface area contributed by atoms with Gasteiger partial charge in [0.15, 0.2) is 11.5 Å². The average molecular weight is 551 g/mol.